The van der Waals surface area contributed by atoms with Crippen LogP contribution in [0, 0.1) is 17.5 Å². The molecule has 5 heterocycles. The van der Waals surface area contributed by atoms with Crippen molar-refractivity contribution in [3.05, 3.63) is 76.6 Å². The van der Waals surface area contributed by atoms with Crippen LogP contribution < -0.4 is 0 Å². The second-order valence-corrected chi connectivity index (χ2v) is 9.18. The van der Waals surface area contributed by atoms with E-state index in [0.29, 0.717) is 36.2 Å². The van der Waals surface area contributed by atoms with Crippen molar-refractivity contribution in [2.45, 2.75) is 44.2 Å². The van der Waals surface area contributed by atoms with Crippen molar-refractivity contribution in [2.75, 3.05) is 0 Å². The number of pyridine rings is 1. The average molecular weight is 501 g/mol. The van der Waals surface area contributed by atoms with Crippen molar-refractivity contribution in [3.8, 4) is 11.3 Å². The highest BCUT2D eigenvalue weighted by Crippen LogP contribution is 2.45. The van der Waals surface area contributed by atoms with Gasteiger partial charge in [0.05, 0.1) is 17.4 Å². The van der Waals surface area contributed by atoms with Gasteiger partial charge in [-0.25, -0.2) is 26.9 Å². The summed E-state index contributed by atoms with van der Waals surface area (Å²) in [6.07, 6.45) is 0.903. The van der Waals surface area contributed by atoms with Crippen LogP contribution in [0.25, 0.3) is 16.9 Å². The topological polar surface area (TPSA) is 55.4 Å². The summed E-state index contributed by atoms with van der Waals surface area (Å²) >= 11 is 0. The van der Waals surface area contributed by atoms with Crippen molar-refractivity contribution in [2.24, 2.45) is 7.05 Å². The van der Waals surface area contributed by atoms with Gasteiger partial charge in [0.2, 0.25) is 0 Å². The number of aryl methyl sites for hydroxylation is 1. The van der Waals surface area contributed by atoms with Crippen LogP contribution in [0.5, 0.6) is 0 Å². The van der Waals surface area contributed by atoms with E-state index in [4.69, 9.17) is 0 Å². The summed E-state index contributed by atoms with van der Waals surface area (Å²) < 4.78 is 72.3. The number of nitrogens with zero attached hydrogens (tertiary/aromatic N) is 5. The Morgan fingerprint density at radius 2 is 1.86 bits per heavy atom. The number of carbonyl (C=O) groups excluding carboxylic acids is 1. The van der Waals surface area contributed by atoms with E-state index >= 15 is 0 Å². The molecule has 6 rings (SSSR count). The Morgan fingerprint density at radius 1 is 1.11 bits per heavy atom. The van der Waals surface area contributed by atoms with Crippen molar-refractivity contribution in [3.63, 3.8) is 0 Å². The Hall–Kier alpha value is -3.76. The normalized spacial score (nSPS) is 19.2. The minimum atomic E-state index is -2.94. The number of imidazole rings is 1. The first kappa shape index (κ1) is 22.7. The molecule has 2 bridgehead atoms. The van der Waals surface area contributed by atoms with Gasteiger partial charge in [-0.1, -0.05) is 6.07 Å². The summed E-state index contributed by atoms with van der Waals surface area (Å²) in [6.45, 7) is 0. The van der Waals surface area contributed by atoms with Crippen LogP contribution in [0.15, 0.2) is 36.5 Å². The zero-order valence-corrected chi connectivity index (χ0v) is 19.1. The van der Waals surface area contributed by atoms with E-state index in [-0.39, 0.29) is 22.9 Å². The quantitative estimate of drug-likeness (QED) is 0.280. The number of hydrogen-bond donors (Lipinski definition) is 0. The largest absolute Gasteiger partial charge is 0.325 e. The molecule has 3 aromatic heterocycles. The lowest BCUT2D eigenvalue weighted by Crippen LogP contribution is -2.50. The van der Waals surface area contributed by atoms with Crippen LogP contribution in [-0.4, -0.2) is 36.0 Å². The molecule has 36 heavy (non-hydrogen) atoms. The number of alkyl halides is 2. The van der Waals surface area contributed by atoms with E-state index in [0.717, 1.165) is 18.6 Å². The molecular formula is C25H20F5N5O. The predicted molar refractivity (Wildman–Crippen MR) is 119 cm³/mol. The Morgan fingerprint density at radius 3 is 2.58 bits per heavy atom. The maximum absolute atomic E-state index is 14.0. The summed E-state index contributed by atoms with van der Waals surface area (Å²) in [5.41, 5.74) is 1.34. The molecule has 2 aliphatic rings. The van der Waals surface area contributed by atoms with Gasteiger partial charge in [0.15, 0.2) is 17.5 Å². The Labute approximate surface area is 202 Å². The van der Waals surface area contributed by atoms with Crippen LogP contribution in [-0.2, 0) is 13.5 Å². The van der Waals surface area contributed by atoms with Crippen LogP contribution in [0.2, 0.25) is 0 Å². The fourth-order valence-corrected chi connectivity index (χ4v) is 5.70. The van der Waals surface area contributed by atoms with Crippen LogP contribution in [0.3, 0.4) is 0 Å². The Bertz CT molecular complexity index is 1500. The standard InChI is InChI=1S/C25H20F5N5O/c1-33-22(12-9-15(26)19(28)16(27)10-12)14-11-13-5-4-6-17(20(14)32-33)35(13)25(36)23-21(24(29)30)31-18-7-2-3-8-34(18)23/h2-3,7-10,13,17,24H,4-6,11H2,1H3/t13-,17+/m0/s1. The smallest absolute Gasteiger partial charge is 0.282 e. The van der Waals surface area contributed by atoms with Gasteiger partial charge in [0.1, 0.15) is 17.0 Å². The summed E-state index contributed by atoms with van der Waals surface area (Å²) in [5.74, 6) is -4.72. The number of piperidine rings is 1. The summed E-state index contributed by atoms with van der Waals surface area (Å²) in [7, 11) is 1.61. The van der Waals surface area contributed by atoms with Crippen LogP contribution in [0.1, 0.15) is 59.2 Å². The third kappa shape index (κ3) is 3.25. The number of rotatable bonds is 3. The molecule has 2 atom stereocenters. The zero-order valence-electron chi connectivity index (χ0n) is 19.1. The Kier molecular flexibility index (Phi) is 5.13. The molecule has 0 N–H and O–H groups in total. The third-order valence-electron chi connectivity index (χ3n) is 7.13. The predicted octanol–water partition coefficient (Wildman–Crippen LogP) is 5.38. The van der Waals surface area contributed by atoms with E-state index in [2.05, 4.69) is 10.1 Å². The average Bonchev–Trinajstić information content (AvgIpc) is 3.39. The first-order chi connectivity index (χ1) is 17.3. The number of halogens is 5. The first-order valence-corrected chi connectivity index (χ1v) is 11.5. The Balaban J connectivity index is 1.47. The molecule has 1 saturated heterocycles. The van der Waals surface area contributed by atoms with E-state index in [1.165, 1.54) is 15.3 Å². The monoisotopic (exact) mass is 501 g/mol. The zero-order chi connectivity index (χ0) is 25.3. The fraction of sp³-hybridized carbons (Fsp3) is 0.320. The SMILES string of the molecule is Cn1nc2c(c1-c1cc(F)c(F)c(F)c1)C[C@@H]1CCC[C@H]2N1C(=O)c1c(C(F)F)nc2ccccn12. The summed E-state index contributed by atoms with van der Waals surface area (Å²) in [5, 5.41) is 4.58. The van der Waals surface area contributed by atoms with Crippen molar-refractivity contribution < 1.29 is 26.7 Å². The molecule has 6 nitrogen and oxygen atoms in total. The number of fused-ring (bicyclic) bond motifs is 5. The highest BCUT2D eigenvalue weighted by molar-refractivity contribution is 5.95. The first-order valence-electron chi connectivity index (χ1n) is 11.5. The number of hydrogen-bond acceptors (Lipinski definition) is 3. The second-order valence-electron chi connectivity index (χ2n) is 9.18. The molecular weight excluding hydrogens is 481 g/mol. The number of benzene rings is 1. The van der Waals surface area contributed by atoms with Gasteiger partial charge in [-0.05, 0) is 49.9 Å². The van der Waals surface area contributed by atoms with E-state index < -0.39 is 41.5 Å². The molecule has 0 radical (unpaired) electrons. The molecule has 1 fully saturated rings. The van der Waals surface area contributed by atoms with E-state index in [1.807, 2.05) is 0 Å². The molecule has 1 aromatic carbocycles. The second kappa shape index (κ2) is 8.14. The van der Waals surface area contributed by atoms with Gasteiger partial charge < -0.3 is 4.90 Å². The molecule has 4 aromatic rings. The maximum Gasteiger partial charge on any atom is 0.282 e. The highest BCUT2D eigenvalue weighted by atomic mass is 19.3. The van der Waals surface area contributed by atoms with Gasteiger partial charge in [-0.3, -0.25) is 13.9 Å². The van der Waals surface area contributed by atoms with Gasteiger partial charge >= 0.3 is 0 Å². The minimum absolute atomic E-state index is 0.141. The van der Waals surface area contributed by atoms with Gasteiger partial charge in [-0.15, -0.1) is 0 Å². The molecule has 0 saturated carbocycles. The molecule has 2 aliphatic heterocycles. The number of amides is 1. The van der Waals surface area contributed by atoms with Crippen LogP contribution >= 0.6 is 0 Å². The van der Waals surface area contributed by atoms with Gasteiger partial charge in [0, 0.05) is 30.4 Å². The van der Waals surface area contributed by atoms with E-state index in [1.54, 1.807) is 30.1 Å². The highest BCUT2D eigenvalue weighted by Gasteiger charge is 2.45. The summed E-state index contributed by atoms with van der Waals surface area (Å²) in [4.78, 5) is 19.5. The van der Waals surface area contributed by atoms with Crippen molar-refractivity contribution in [1.82, 2.24) is 24.1 Å². The summed E-state index contributed by atoms with van der Waals surface area (Å²) in [6, 6.07) is 5.87. The lowest BCUT2D eigenvalue weighted by atomic mass is 9.81. The lowest BCUT2D eigenvalue weighted by molar-refractivity contribution is 0.0375. The fourth-order valence-electron chi connectivity index (χ4n) is 5.70. The number of aromatic nitrogens is 4. The molecule has 0 aliphatic carbocycles. The van der Waals surface area contributed by atoms with Crippen molar-refractivity contribution >= 4 is 11.6 Å². The molecule has 1 amide bonds. The van der Waals surface area contributed by atoms with Crippen molar-refractivity contribution in [1.29, 1.82) is 0 Å². The number of carbonyl (C=O) groups is 1. The third-order valence-corrected chi connectivity index (χ3v) is 7.13. The van der Waals surface area contributed by atoms with Gasteiger partial charge in [0.25, 0.3) is 12.3 Å². The molecule has 186 valence electrons. The maximum atomic E-state index is 14.0. The van der Waals surface area contributed by atoms with E-state index in [9.17, 15) is 26.7 Å². The van der Waals surface area contributed by atoms with Crippen LogP contribution in [0.4, 0.5) is 22.0 Å². The van der Waals surface area contributed by atoms with Gasteiger partial charge in [-0.2, -0.15) is 5.10 Å². The molecule has 0 spiro atoms. The minimum Gasteiger partial charge on any atom is -0.325 e. The molecule has 0 unspecified atom stereocenters. The lowest BCUT2D eigenvalue weighted by Gasteiger charge is -2.45. The molecule has 11 heteroatoms.